The van der Waals surface area contributed by atoms with Crippen molar-refractivity contribution in [1.82, 2.24) is 5.32 Å². The van der Waals surface area contributed by atoms with Crippen molar-refractivity contribution < 1.29 is 9.47 Å². The summed E-state index contributed by atoms with van der Waals surface area (Å²) in [5.74, 6) is 1.41. The van der Waals surface area contributed by atoms with Crippen molar-refractivity contribution in [1.29, 1.82) is 0 Å². The molecule has 0 saturated carbocycles. The molecule has 1 aromatic rings. The monoisotopic (exact) mass is 238 g/mol. The van der Waals surface area contributed by atoms with Gasteiger partial charge in [-0.15, -0.1) is 0 Å². The minimum atomic E-state index is -0.181. The first kappa shape index (κ1) is 13.8. The molecule has 1 atom stereocenters. The summed E-state index contributed by atoms with van der Waals surface area (Å²) < 4.78 is 10.5. The maximum absolute atomic E-state index is 6.24. The van der Waals surface area contributed by atoms with E-state index in [1.54, 1.807) is 14.2 Å². The lowest BCUT2D eigenvalue weighted by Crippen LogP contribution is -2.46. The molecule has 0 saturated heterocycles. The van der Waals surface area contributed by atoms with E-state index in [0.29, 0.717) is 11.5 Å². The molecule has 96 valence electrons. The first-order chi connectivity index (χ1) is 7.96. The summed E-state index contributed by atoms with van der Waals surface area (Å²) in [5, 5.41) is 3.21. The lowest BCUT2D eigenvalue weighted by molar-refractivity contribution is 0.340. The smallest absolute Gasteiger partial charge is 0.161 e. The van der Waals surface area contributed by atoms with E-state index in [0.717, 1.165) is 5.56 Å². The minimum absolute atomic E-state index is 0.118. The Bertz CT molecular complexity index is 378. The van der Waals surface area contributed by atoms with Crippen LogP contribution in [-0.2, 0) is 0 Å². The summed E-state index contributed by atoms with van der Waals surface area (Å²) in [6.45, 7) is 4.13. The number of rotatable bonds is 5. The molecule has 0 fully saturated rings. The van der Waals surface area contributed by atoms with Gasteiger partial charge < -0.3 is 20.5 Å². The van der Waals surface area contributed by atoms with Crippen LogP contribution in [0.25, 0.3) is 0 Å². The topological polar surface area (TPSA) is 56.5 Å². The van der Waals surface area contributed by atoms with E-state index in [1.807, 2.05) is 25.2 Å². The van der Waals surface area contributed by atoms with Crippen molar-refractivity contribution in [3.05, 3.63) is 23.8 Å². The quantitative estimate of drug-likeness (QED) is 0.820. The first-order valence-corrected chi connectivity index (χ1v) is 5.62. The van der Waals surface area contributed by atoms with Gasteiger partial charge in [0, 0.05) is 11.6 Å². The third-order valence-electron chi connectivity index (χ3n) is 3.19. The molecule has 1 unspecified atom stereocenters. The molecule has 0 radical (unpaired) electrons. The predicted octanol–water partition coefficient (Wildman–Crippen LogP) is 1.70. The van der Waals surface area contributed by atoms with Crippen molar-refractivity contribution in [3.63, 3.8) is 0 Å². The van der Waals surface area contributed by atoms with Crippen molar-refractivity contribution in [3.8, 4) is 11.5 Å². The van der Waals surface area contributed by atoms with E-state index >= 15 is 0 Å². The lowest BCUT2D eigenvalue weighted by Gasteiger charge is -2.31. The van der Waals surface area contributed by atoms with Crippen LogP contribution in [0.15, 0.2) is 18.2 Å². The number of methoxy groups -OCH3 is 2. The lowest BCUT2D eigenvalue weighted by atomic mass is 9.89. The van der Waals surface area contributed by atoms with Gasteiger partial charge in [0.1, 0.15) is 0 Å². The molecular formula is C13H22N2O2. The fourth-order valence-corrected chi connectivity index (χ4v) is 1.62. The number of benzene rings is 1. The van der Waals surface area contributed by atoms with Gasteiger partial charge in [-0.1, -0.05) is 6.07 Å². The molecule has 4 nitrogen and oxygen atoms in total. The molecule has 0 aliphatic heterocycles. The average Bonchev–Trinajstić information content (AvgIpc) is 2.36. The second-order valence-corrected chi connectivity index (χ2v) is 4.56. The summed E-state index contributed by atoms with van der Waals surface area (Å²) in [6.07, 6.45) is 0. The molecule has 1 aromatic carbocycles. The zero-order valence-corrected chi connectivity index (χ0v) is 11.2. The van der Waals surface area contributed by atoms with Crippen LogP contribution in [0.3, 0.4) is 0 Å². The fraction of sp³-hybridized carbons (Fsp3) is 0.538. The highest BCUT2D eigenvalue weighted by atomic mass is 16.5. The van der Waals surface area contributed by atoms with Crippen LogP contribution in [0.4, 0.5) is 0 Å². The molecule has 1 rings (SSSR count). The summed E-state index contributed by atoms with van der Waals surface area (Å²) in [7, 11) is 5.14. The molecule has 3 N–H and O–H groups in total. The van der Waals surface area contributed by atoms with Crippen LogP contribution in [0.5, 0.6) is 11.5 Å². The van der Waals surface area contributed by atoms with Crippen LogP contribution in [0.1, 0.15) is 25.5 Å². The van der Waals surface area contributed by atoms with E-state index in [2.05, 4.69) is 19.2 Å². The SMILES string of the molecule is CNC(C)(C)C(N)c1ccc(OC)c(OC)c1. The van der Waals surface area contributed by atoms with Gasteiger partial charge in [0.15, 0.2) is 11.5 Å². The molecular weight excluding hydrogens is 216 g/mol. The maximum Gasteiger partial charge on any atom is 0.161 e. The highest BCUT2D eigenvalue weighted by Crippen LogP contribution is 2.32. The summed E-state index contributed by atoms with van der Waals surface area (Å²) in [5.41, 5.74) is 7.07. The highest BCUT2D eigenvalue weighted by molar-refractivity contribution is 5.44. The summed E-state index contributed by atoms with van der Waals surface area (Å²) in [6, 6.07) is 5.64. The van der Waals surface area contributed by atoms with Crippen molar-refractivity contribution in [2.75, 3.05) is 21.3 Å². The molecule has 0 bridgehead atoms. The Morgan fingerprint density at radius 3 is 2.24 bits per heavy atom. The Balaban J connectivity index is 3.07. The van der Waals surface area contributed by atoms with Crippen LogP contribution < -0.4 is 20.5 Å². The Kier molecular flexibility index (Phi) is 4.37. The third kappa shape index (κ3) is 2.90. The zero-order valence-electron chi connectivity index (χ0n) is 11.2. The largest absolute Gasteiger partial charge is 0.493 e. The van der Waals surface area contributed by atoms with E-state index in [9.17, 15) is 0 Å². The Hall–Kier alpha value is -1.26. The van der Waals surface area contributed by atoms with Gasteiger partial charge in [-0.2, -0.15) is 0 Å². The van der Waals surface area contributed by atoms with Crippen molar-refractivity contribution in [2.45, 2.75) is 25.4 Å². The Morgan fingerprint density at radius 1 is 1.18 bits per heavy atom. The summed E-state index contributed by atoms with van der Waals surface area (Å²) in [4.78, 5) is 0. The van der Waals surface area contributed by atoms with Crippen LogP contribution in [0, 0.1) is 0 Å². The van der Waals surface area contributed by atoms with Gasteiger partial charge in [-0.25, -0.2) is 0 Å². The number of hydrogen-bond acceptors (Lipinski definition) is 4. The second kappa shape index (κ2) is 5.38. The Morgan fingerprint density at radius 2 is 1.76 bits per heavy atom. The number of nitrogens with one attached hydrogen (secondary N) is 1. The number of nitrogens with two attached hydrogens (primary N) is 1. The van der Waals surface area contributed by atoms with E-state index in [1.165, 1.54) is 0 Å². The third-order valence-corrected chi connectivity index (χ3v) is 3.19. The van der Waals surface area contributed by atoms with Gasteiger partial charge in [0.05, 0.1) is 14.2 Å². The predicted molar refractivity (Wildman–Crippen MR) is 69.6 cm³/mol. The van der Waals surface area contributed by atoms with E-state index in [4.69, 9.17) is 15.2 Å². The highest BCUT2D eigenvalue weighted by Gasteiger charge is 2.26. The van der Waals surface area contributed by atoms with Crippen LogP contribution in [0.2, 0.25) is 0 Å². The van der Waals surface area contributed by atoms with Gasteiger partial charge in [-0.3, -0.25) is 0 Å². The van der Waals surface area contributed by atoms with Gasteiger partial charge in [0.2, 0.25) is 0 Å². The molecule has 0 heterocycles. The molecule has 0 amide bonds. The van der Waals surface area contributed by atoms with Crippen LogP contribution in [-0.4, -0.2) is 26.8 Å². The van der Waals surface area contributed by atoms with Gasteiger partial charge in [0.25, 0.3) is 0 Å². The first-order valence-electron chi connectivity index (χ1n) is 5.62. The average molecular weight is 238 g/mol. The van der Waals surface area contributed by atoms with E-state index in [-0.39, 0.29) is 11.6 Å². The molecule has 17 heavy (non-hydrogen) atoms. The molecule has 0 spiro atoms. The molecule has 0 aliphatic rings. The Labute approximate surface area is 103 Å². The molecule has 0 aliphatic carbocycles. The zero-order chi connectivity index (χ0) is 13.1. The fourth-order valence-electron chi connectivity index (χ4n) is 1.62. The van der Waals surface area contributed by atoms with Gasteiger partial charge >= 0.3 is 0 Å². The summed E-state index contributed by atoms with van der Waals surface area (Å²) >= 11 is 0. The molecule has 4 heteroatoms. The van der Waals surface area contributed by atoms with Gasteiger partial charge in [-0.05, 0) is 38.6 Å². The normalized spacial score (nSPS) is 13.3. The number of hydrogen-bond donors (Lipinski definition) is 2. The number of ether oxygens (including phenoxy) is 2. The molecule has 0 aromatic heterocycles. The van der Waals surface area contributed by atoms with Crippen LogP contribution >= 0.6 is 0 Å². The van der Waals surface area contributed by atoms with Crippen molar-refractivity contribution >= 4 is 0 Å². The standard InChI is InChI=1S/C13H22N2O2/c1-13(2,15-3)12(14)9-6-7-10(16-4)11(8-9)17-5/h6-8,12,15H,14H2,1-5H3. The van der Waals surface area contributed by atoms with E-state index < -0.39 is 0 Å². The second-order valence-electron chi connectivity index (χ2n) is 4.56. The number of likely N-dealkylation sites (N-methyl/N-ethyl adjacent to an activating group) is 1. The minimum Gasteiger partial charge on any atom is -0.493 e. The maximum atomic E-state index is 6.24. The van der Waals surface area contributed by atoms with Crippen molar-refractivity contribution in [2.24, 2.45) is 5.73 Å².